The molecule has 1 aromatic heterocycles. The van der Waals surface area contributed by atoms with E-state index in [9.17, 15) is 8.42 Å². The van der Waals surface area contributed by atoms with Crippen molar-refractivity contribution in [1.29, 1.82) is 0 Å². The number of aromatic nitrogens is 2. The van der Waals surface area contributed by atoms with E-state index >= 15 is 0 Å². The van der Waals surface area contributed by atoms with E-state index in [2.05, 4.69) is 5.10 Å². The molecule has 0 amide bonds. The van der Waals surface area contributed by atoms with Gasteiger partial charge in [-0.05, 0) is 18.1 Å². The van der Waals surface area contributed by atoms with Crippen LogP contribution >= 0.6 is 0 Å². The SMILES string of the molecule is O=S(=O)(c1cnn(CCO)c1)N1CCc2ccccc21. The zero-order valence-corrected chi connectivity index (χ0v) is 11.6. The second-order valence-electron chi connectivity index (χ2n) is 4.62. The summed E-state index contributed by atoms with van der Waals surface area (Å²) in [4.78, 5) is 0.155. The first-order valence-electron chi connectivity index (χ1n) is 6.37. The fourth-order valence-electron chi connectivity index (χ4n) is 2.39. The number of aliphatic hydroxyl groups excluding tert-OH is 1. The van der Waals surface area contributed by atoms with Crippen LogP contribution in [0.2, 0.25) is 0 Å². The van der Waals surface area contributed by atoms with Crippen molar-refractivity contribution >= 4 is 15.7 Å². The maximum Gasteiger partial charge on any atom is 0.267 e. The number of nitrogens with zero attached hydrogens (tertiary/aromatic N) is 3. The summed E-state index contributed by atoms with van der Waals surface area (Å²) in [7, 11) is -3.58. The second kappa shape index (κ2) is 4.92. The number of sulfonamides is 1. The Bertz CT molecular complexity index is 724. The molecule has 0 spiro atoms. The minimum Gasteiger partial charge on any atom is -0.394 e. The van der Waals surface area contributed by atoms with Crippen LogP contribution in [0.3, 0.4) is 0 Å². The maximum atomic E-state index is 12.6. The average Bonchev–Trinajstić information content (AvgIpc) is 3.05. The predicted octanol–water partition coefficient (Wildman–Crippen LogP) is 0.627. The first-order chi connectivity index (χ1) is 9.63. The van der Waals surface area contributed by atoms with Gasteiger partial charge < -0.3 is 5.11 Å². The van der Waals surface area contributed by atoms with Crippen LogP contribution in [0.15, 0.2) is 41.6 Å². The van der Waals surface area contributed by atoms with Gasteiger partial charge >= 0.3 is 0 Å². The van der Waals surface area contributed by atoms with Crippen molar-refractivity contribution < 1.29 is 13.5 Å². The molecule has 1 aromatic carbocycles. The van der Waals surface area contributed by atoms with Crippen LogP contribution in [-0.2, 0) is 23.0 Å². The van der Waals surface area contributed by atoms with Crippen molar-refractivity contribution in [3.8, 4) is 0 Å². The highest BCUT2D eigenvalue weighted by Crippen LogP contribution is 2.32. The van der Waals surface area contributed by atoms with Gasteiger partial charge in [-0.2, -0.15) is 5.10 Å². The lowest BCUT2D eigenvalue weighted by atomic mass is 10.2. The molecule has 2 aromatic rings. The summed E-state index contributed by atoms with van der Waals surface area (Å²) < 4.78 is 28.1. The number of aliphatic hydroxyl groups is 1. The number of rotatable bonds is 4. The molecule has 0 bridgehead atoms. The van der Waals surface area contributed by atoms with Crippen molar-refractivity contribution in [2.24, 2.45) is 0 Å². The summed E-state index contributed by atoms with van der Waals surface area (Å²) in [5.74, 6) is 0. The molecular weight excluding hydrogens is 278 g/mol. The number of anilines is 1. The molecule has 0 radical (unpaired) electrons. The highest BCUT2D eigenvalue weighted by atomic mass is 32.2. The minimum atomic E-state index is -3.58. The van der Waals surface area contributed by atoms with Crippen molar-refractivity contribution in [2.45, 2.75) is 17.9 Å². The van der Waals surface area contributed by atoms with E-state index in [1.807, 2.05) is 24.3 Å². The Labute approximate surface area is 117 Å². The minimum absolute atomic E-state index is 0.0757. The van der Waals surface area contributed by atoms with Crippen molar-refractivity contribution in [1.82, 2.24) is 9.78 Å². The second-order valence-corrected chi connectivity index (χ2v) is 6.48. The first-order valence-corrected chi connectivity index (χ1v) is 7.81. The molecule has 3 rings (SSSR count). The standard InChI is InChI=1S/C13H15N3O3S/c17-8-7-15-10-12(9-14-15)20(18,19)16-6-5-11-3-1-2-4-13(11)16/h1-4,9-10,17H,5-8H2. The van der Waals surface area contributed by atoms with Crippen molar-refractivity contribution in [2.75, 3.05) is 17.5 Å². The quantitative estimate of drug-likeness (QED) is 0.897. The normalized spacial score (nSPS) is 14.6. The highest BCUT2D eigenvalue weighted by Gasteiger charge is 2.31. The van der Waals surface area contributed by atoms with Gasteiger partial charge in [0.15, 0.2) is 0 Å². The van der Waals surface area contributed by atoms with E-state index in [-0.39, 0.29) is 18.0 Å². The number of hydrogen-bond acceptors (Lipinski definition) is 4. The summed E-state index contributed by atoms with van der Waals surface area (Å²) in [6.45, 7) is 0.659. The molecule has 0 unspecified atom stereocenters. The van der Waals surface area contributed by atoms with Crippen LogP contribution < -0.4 is 4.31 Å². The fourth-order valence-corrected chi connectivity index (χ4v) is 3.85. The van der Waals surface area contributed by atoms with E-state index in [4.69, 9.17) is 5.11 Å². The van der Waals surface area contributed by atoms with Crippen LogP contribution in [0.1, 0.15) is 5.56 Å². The molecule has 0 aliphatic carbocycles. The number of hydrogen-bond donors (Lipinski definition) is 1. The molecule has 1 N–H and O–H groups in total. The molecule has 7 heteroatoms. The Balaban J connectivity index is 1.96. The van der Waals surface area contributed by atoms with Gasteiger partial charge in [0.25, 0.3) is 10.0 Å². The Kier molecular flexibility index (Phi) is 3.23. The lowest BCUT2D eigenvalue weighted by Crippen LogP contribution is -2.28. The number of para-hydroxylation sites is 1. The van der Waals surface area contributed by atoms with Gasteiger partial charge in [-0.25, -0.2) is 8.42 Å². The average molecular weight is 293 g/mol. The molecule has 2 heterocycles. The third kappa shape index (κ3) is 2.08. The van der Waals surface area contributed by atoms with E-state index in [1.165, 1.54) is 21.4 Å². The summed E-state index contributed by atoms with van der Waals surface area (Å²) in [6.07, 6.45) is 3.50. The molecule has 0 fully saturated rings. The van der Waals surface area contributed by atoms with Crippen LogP contribution in [0.25, 0.3) is 0 Å². The van der Waals surface area contributed by atoms with Gasteiger partial charge in [0, 0.05) is 12.7 Å². The molecule has 0 atom stereocenters. The molecule has 20 heavy (non-hydrogen) atoms. The molecule has 0 saturated heterocycles. The molecule has 6 nitrogen and oxygen atoms in total. The predicted molar refractivity (Wildman–Crippen MR) is 74.0 cm³/mol. The molecule has 1 aliphatic rings. The van der Waals surface area contributed by atoms with Crippen LogP contribution in [0.4, 0.5) is 5.69 Å². The summed E-state index contributed by atoms with van der Waals surface area (Å²) >= 11 is 0. The summed E-state index contributed by atoms with van der Waals surface area (Å²) in [5.41, 5.74) is 1.78. The Morgan fingerprint density at radius 3 is 2.90 bits per heavy atom. The molecule has 106 valence electrons. The Morgan fingerprint density at radius 2 is 2.10 bits per heavy atom. The van der Waals surface area contributed by atoms with E-state index < -0.39 is 10.0 Å². The number of fused-ring (bicyclic) bond motifs is 1. The van der Waals surface area contributed by atoms with Crippen molar-refractivity contribution in [3.63, 3.8) is 0 Å². The lowest BCUT2D eigenvalue weighted by molar-refractivity contribution is 0.269. The monoisotopic (exact) mass is 293 g/mol. The molecular formula is C13H15N3O3S. The zero-order chi connectivity index (χ0) is 14.2. The van der Waals surface area contributed by atoms with Gasteiger partial charge in [0.2, 0.25) is 0 Å². The molecule has 1 aliphatic heterocycles. The Morgan fingerprint density at radius 1 is 1.30 bits per heavy atom. The van der Waals surface area contributed by atoms with Gasteiger partial charge in [-0.1, -0.05) is 18.2 Å². The third-order valence-electron chi connectivity index (χ3n) is 3.37. The van der Waals surface area contributed by atoms with E-state index in [0.717, 1.165) is 17.7 Å². The lowest BCUT2D eigenvalue weighted by Gasteiger charge is -2.18. The number of benzene rings is 1. The maximum absolute atomic E-state index is 12.6. The molecule has 0 saturated carbocycles. The summed E-state index contributed by atoms with van der Waals surface area (Å²) in [6, 6.07) is 7.51. The zero-order valence-electron chi connectivity index (χ0n) is 10.8. The van der Waals surface area contributed by atoms with Gasteiger partial charge in [0.1, 0.15) is 4.90 Å². The van der Waals surface area contributed by atoms with Crippen LogP contribution in [0.5, 0.6) is 0 Å². The topological polar surface area (TPSA) is 75.4 Å². The van der Waals surface area contributed by atoms with Crippen LogP contribution in [0, 0.1) is 0 Å². The van der Waals surface area contributed by atoms with Gasteiger partial charge in [0.05, 0.1) is 25.0 Å². The van der Waals surface area contributed by atoms with Crippen molar-refractivity contribution in [3.05, 3.63) is 42.2 Å². The van der Waals surface area contributed by atoms with Gasteiger partial charge in [-0.3, -0.25) is 8.99 Å². The smallest absolute Gasteiger partial charge is 0.267 e. The van der Waals surface area contributed by atoms with Crippen LogP contribution in [-0.4, -0.2) is 36.5 Å². The Hall–Kier alpha value is -1.86. The first kappa shape index (κ1) is 13.1. The van der Waals surface area contributed by atoms with E-state index in [1.54, 1.807) is 0 Å². The fraction of sp³-hybridized carbons (Fsp3) is 0.308. The van der Waals surface area contributed by atoms with Gasteiger partial charge in [-0.15, -0.1) is 0 Å². The largest absolute Gasteiger partial charge is 0.394 e. The summed E-state index contributed by atoms with van der Waals surface area (Å²) in [5, 5.41) is 12.8. The highest BCUT2D eigenvalue weighted by molar-refractivity contribution is 7.92. The third-order valence-corrected chi connectivity index (χ3v) is 5.14. The van der Waals surface area contributed by atoms with E-state index in [0.29, 0.717) is 6.54 Å².